The number of piperidine rings is 1. The van der Waals surface area contributed by atoms with Gasteiger partial charge in [-0.25, -0.2) is 9.19 Å². The van der Waals surface area contributed by atoms with Crippen LogP contribution in [0.25, 0.3) is 0 Å². The van der Waals surface area contributed by atoms with Crippen molar-refractivity contribution in [1.82, 2.24) is 14.8 Å². The Morgan fingerprint density at radius 2 is 1.81 bits per heavy atom. The second kappa shape index (κ2) is 8.23. The van der Waals surface area contributed by atoms with E-state index in [1.807, 2.05) is 0 Å². The van der Waals surface area contributed by atoms with Crippen LogP contribution in [0, 0.1) is 24.2 Å². The Balaban J connectivity index is 1.43. The molecule has 3 aliphatic heterocycles. The number of fused-ring (bicyclic) bond motifs is 2. The Morgan fingerprint density at radius 3 is 2.35 bits per heavy atom. The molecule has 4 amide bonds. The van der Waals surface area contributed by atoms with Crippen molar-refractivity contribution in [2.45, 2.75) is 19.3 Å². The van der Waals surface area contributed by atoms with Gasteiger partial charge in [-0.2, -0.15) is 4.36 Å². The fourth-order valence-corrected chi connectivity index (χ4v) is 7.19. The molecule has 3 saturated heterocycles. The largest absolute Gasteiger partial charge is 0.337 e. The molecule has 1 aromatic rings. The summed E-state index contributed by atoms with van der Waals surface area (Å²) in [5, 5.41) is 0. The van der Waals surface area contributed by atoms with Crippen LogP contribution in [0.5, 0.6) is 0 Å². The highest BCUT2D eigenvalue weighted by molar-refractivity contribution is 7.93. The smallest absolute Gasteiger partial charge is 0.273 e. The summed E-state index contributed by atoms with van der Waals surface area (Å²) in [6, 6.07) is 3.26. The van der Waals surface area contributed by atoms with E-state index in [0.717, 1.165) is 11.3 Å². The van der Waals surface area contributed by atoms with Crippen molar-refractivity contribution >= 4 is 33.4 Å². The molecule has 31 heavy (non-hydrogen) atoms. The van der Waals surface area contributed by atoms with E-state index in [1.165, 1.54) is 6.20 Å². The number of terminal acetylenes is 1. The summed E-state index contributed by atoms with van der Waals surface area (Å²) in [6.07, 6.45) is 7.80. The molecule has 4 heterocycles. The van der Waals surface area contributed by atoms with Gasteiger partial charge in [-0.15, -0.1) is 6.42 Å². The van der Waals surface area contributed by atoms with Crippen LogP contribution in [0.4, 0.5) is 0 Å². The highest BCUT2D eigenvalue weighted by Gasteiger charge is 2.39. The molecule has 0 saturated carbocycles. The summed E-state index contributed by atoms with van der Waals surface area (Å²) in [4.78, 5) is 55.2. The first kappa shape index (κ1) is 21.2. The van der Waals surface area contributed by atoms with E-state index in [1.54, 1.807) is 17.0 Å². The van der Waals surface area contributed by atoms with Crippen LogP contribution >= 0.6 is 0 Å². The molecule has 0 radical (unpaired) electrons. The Bertz CT molecular complexity index is 1080. The molecule has 0 aromatic carbocycles. The maximum atomic E-state index is 13.3. The molecule has 0 spiro atoms. The Kier molecular flexibility index (Phi) is 5.62. The third kappa shape index (κ3) is 4.51. The summed E-state index contributed by atoms with van der Waals surface area (Å²) in [7, 11) is -2.80. The van der Waals surface area contributed by atoms with Crippen molar-refractivity contribution in [3.05, 3.63) is 29.6 Å². The van der Waals surface area contributed by atoms with Gasteiger partial charge in [0.25, 0.3) is 11.8 Å². The summed E-state index contributed by atoms with van der Waals surface area (Å²) < 4.78 is 17.2. The van der Waals surface area contributed by atoms with Crippen molar-refractivity contribution in [2.24, 2.45) is 16.2 Å². The SMILES string of the molecule is C#Cc1ccc(C(=O)N2CC3CC(C2)CS(=O)(=NC(=O)CN2C(=O)CCC2=O)C3)nc1. The van der Waals surface area contributed by atoms with Gasteiger partial charge in [0.1, 0.15) is 12.2 Å². The van der Waals surface area contributed by atoms with Gasteiger partial charge in [-0.05, 0) is 30.4 Å². The van der Waals surface area contributed by atoms with Gasteiger partial charge >= 0.3 is 0 Å². The summed E-state index contributed by atoms with van der Waals surface area (Å²) in [5.41, 5.74) is 0.898. The molecule has 0 N–H and O–H groups in total. The Hall–Kier alpha value is -3.06. The average molecular weight is 442 g/mol. The molecule has 162 valence electrons. The van der Waals surface area contributed by atoms with Gasteiger partial charge in [0.2, 0.25) is 11.8 Å². The molecular weight excluding hydrogens is 420 g/mol. The highest BCUT2D eigenvalue weighted by atomic mass is 32.2. The second-order valence-electron chi connectivity index (χ2n) is 8.22. The highest BCUT2D eigenvalue weighted by Crippen LogP contribution is 2.32. The number of hydrogen-bond acceptors (Lipinski definition) is 6. The molecule has 3 aliphatic rings. The maximum Gasteiger partial charge on any atom is 0.273 e. The fourth-order valence-electron chi connectivity index (χ4n) is 4.52. The molecule has 2 unspecified atom stereocenters. The minimum absolute atomic E-state index is 0.0412. The van der Waals surface area contributed by atoms with Gasteiger partial charge in [0.15, 0.2) is 0 Å². The van der Waals surface area contributed by atoms with Crippen LogP contribution in [-0.4, -0.2) is 73.8 Å². The molecule has 2 bridgehead atoms. The minimum Gasteiger partial charge on any atom is -0.337 e. The van der Waals surface area contributed by atoms with Crippen molar-refractivity contribution in [3.63, 3.8) is 0 Å². The molecule has 3 fully saturated rings. The molecule has 0 aliphatic carbocycles. The van der Waals surface area contributed by atoms with E-state index in [-0.39, 0.29) is 42.1 Å². The Labute approximate surface area is 180 Å². The van der Waals surface area contributed by atoms with Crippen LogP contribution in [0.1, 0.15) is 35.3 Å². The third-order valence-corrected chi connectivity index (χ3v) is 8.29. The average Bonchev–Trinajstić information content (AvgIpc) is 3.04. The number of nitrogens with zero attached hydrogens (tertiary/aromatic N) is 4. The number of likely N-dealkylation sites (tertiary alicyclic amines) is 2. The first-order chi connectivity index (χ1) is 14.8. The van der Waals surface area contributed by atoms with E-state index < -0.39 is 34.0 Å². The first-order valence-electron chi connectivity index (χ1n) is 10.1. The standard InChI is InChI=1S/C21H22N4O5S/c1-2-14-3-4-17(22-8-14)21(29)24-9-15-7-16(10-24)13-31(30,12-15)23-18(26)11-25-19(27)5-6-20(25)28/h1,3-4,8,15-16H,5-7,9-13H2. The van der Waals surface area contributed by atoms with E-state index >= 15 is 0 Å². The minimum atomic E-state index is -2.80. The summed E-state index contributed by atoms with van der Waals surface area (Å²) in [5.74, 6) is 1.09. The fraction of sp³-hybridized carbons (Fsp3) is 0.476. The van der Waals surface area contributed by atoms with Crippen LogP contribution < -0.4 is 0 Å². The second-order valence-corrected chi connectivity index (χ2v) is 10.6. The zero-order valence-electron chi connectivity index (χ0n) is 16.9. The lowest BCUT2D eigenvalue weighted by molar-refractivity contribution is -0.141. The lowest BCUT2D eigenvalue weighted by Crippen LogP contribution is -2.51. The van der Waals surface area contributed by atoms with Gasteiger partial charge < -0.3 is 4.90 Å². The zero-order chi connectivity index (χ0) is 22.2. The van der Waals surface area contributed by atoms with Crippen LogP contribution in [0.3, 0.4) is 0 Å². The molecule has 10 heteroatoms. The maximum absolute atomic E-state index is 13.3. The third-order valence-electron chi connectivity index (χ3n) is 5.77. The van der Waals surface area contributed by atoms with Gasteiger partial charge in [0, 0.05) is 49.2 Å². The molecular formula is C21H22N4O5S. The van der Waals surface area contributed by atoms with Crippen molar-refractivity contribution in [1.29, 1.82) is 0 Å². The topological polar surface area (TPSA) is 117 Å². The number of carbonyl (C=O) groups excluding carboxylic acids is 4. The number of rotatable bonds is 3. The molecule has 4 rings (SSSR count). The number of pyridine rings is 1. The van der Waals surface area contributed by atoms with Gasteiger partial charge in [-0.3, -0.25) is 24.1 Å². The lowest BCUT2D eigenvalue weighted by Gasteiger charge is -2.42. The number of hydrogen-bond donors (Lipinski definition) is 0. The number of carbonyl (C=O) groups is 4. The van der Waals surface area contributed by atoms with E-state index in [9.17, 15) is 23.4 Å². The van der Waals surface area contributed by atoms with E-state index in [2.05, 4.69) is 15.3 Å². The first-order valence-corrected chi connectivity index (χ1v) is 11.9. The number of imide groups is 1. The summed E-state index contributed by atoms with van der Waals surface area (Å²) >= 11 is 0. The molecule has 2 atom stereocenters. The molecule has 9 nitrogen and oxygen atoms in total. The Morgan fingerprint density at radius 1 is 1.16 bits per heavy atom. The van der Waals surface area contributed by atoms with Gasteiger partial charge in [-0.1, -0.05) is 5.92 Å². The summed E-state index contributed by atoms with van der Waals surface area (Å²) in [6.45, 7) is 0.378. The lowest BCUT2D eigenvalue weighted by atomic mass is 9.91. The van der Waals surface area contributed by atoms with Crippen molar-refractivity contribution in [3.8, 4) is 12.3 Å². The number of amides is 4. The monoisotopic (exact) mass is 442 g/mol. The number of aromatic nitrogens is 1. The van der Waals surface area contributed by atoms with Gasteiger partial charge in [0.05, 0.1) is 9.73 Å². The van der Waals surface area contributed by atoms with Crippen molar-refractivity contribution < 1.29 is 23.4 Å². The predicted octanol–water partition coefficient (Wildman–Crippen LogP) is 0.298. The quantitative estimate of drug-likeness (QED) is 0.491. The zero-order valence-corrected chi connectivity index (χ0v) is 17.7. The van der Waals surface area contributed by atoms with Crippen LogP contribution in [-0.2, 0) is 24.1 Å². The van der Waals surface area contributed by atoms with Crippen molar-refractivity contribution in [2.75, 3.05) is 31.1 Å². The van der Waals surface area contributed by atoms with E-state index in [0.29, 0.717) is 24.3 Å². The van der Waals surface area contributed by atoms with E-state index in [4.69, 9.17) is 6.42 Å². The predicted molar refractivity (Wildman–Crippen MR) is 111 cm³/mol. The normalized spacial score (nSPS) is 27.7. The van der Waals surface area contributed by atoms with Crippen LogP contribution in [0.2, 0.25) is 0 Å². The molecule has 1 aromatic heterocycles. The van der Waals surface area contributed by atoms with Crippen LogP contribution in [0.15, 0.2) is 22.7 Å².